The molecule has 1 unspecified atom stereocenters. The van der Waals surface area contributed by atoms with Crippen LogP contribution in [0.4, 0.5) is 0 Å². The summed E-state index contributed by atoms with van der Waals surface area (Å²) in [6, 6.07) is 10.3. The lowest BCUT2D eigenvalue weighted by Gasteiger charge is -2.23. The first-order valence-electron chi connectivity index (χ1n) is 10.7. The molecule has 0 saturated heterocycles. The Morgan fingerprint density at radius 2 is 1.82 bits per heavy atom. The topological polar surface area (TPSA) is 35.5 Å². The van der Waals surface area contributed by atoms with Crippen molar-refractivity contribution in [3.05, 3.63) is 47.5 Å². The van der Waals surface area contributed by atoms with Crippen LogP contribution >= 0.6 is 0 Å². The van der Waals surface area contributed by atoms with Gasteiger partial charge in [-0.2, -0.15) is 0 Å². The minimum absolute atomic E-state index is 0.138. The maximum Gasteiger partial charge on any atom is 0.309 e. The van der Waals surface area contributed by atoms with Gasteiger partial charge in [-0.15, -0.1) is 0 Å². The molecule has 0 aliphatic heterocycles. The fraction of sp³-hybridized carbons (Fsp3) is 0.480. The van der Waals surface area contributed by atoms with Gasteiger partial charge in [0.1, 0.15) is 11.9 Å². The summed E-state index contributed by atoms with van der Waals surface area (Å²) in [7, 11) is 0. The van der Waals surface area contributed by atoms with Crippen molar-refractivity contribution in [2.75, 3.05) is 6.61 Å². The molecule has 0 heterocycles. The standard InChI is InChI=1S/C25H32O3/c1-4-5-6-7-8-9-17-27-22-15-13-19-11-10-12-20-23(28-25(26)18(2)3)16-14-21(22)24(19)20/h10-16,18,23H,4-9,17H2,1-3H3. The Balaban J connectivity index is 1.73. The average Bonchev–Trinajstić information content (AvgIpc) is 2.70. The van der Waals surface area contributed by atoms with Gasteiger partial charge in [0.25, 0.3) is 0 Å². The molecule has 3 heteroatoms. The van der Waals surface area contributed by atoms with Crippen LogP contribution < -0.4 is 4.74 Å². The van der Waals surface area contributed by atoms with Crippen LogP contribution in [-0.4, -0.2) is 12.6 Å². The van der Waals surface area contributed by atoms with Crippen LogP contribution in [0.3, 0.4) is 0 Å². The molecule has 2 aromatic carbocycles. The van der Waals surface area contributed by atoms with E-state index in [1.807, 2.05) is 38.1 Å². The predicted octanol–water partition coefficient (Wildman–Crippen LogP) is 6.85. The number of carbonyl (C=O) groups is 1. The molecule has 2 aromatic rings. The van der Waals surface area contributed by atoms with Crippen molar-refractivity contribution in [3.63, 3.8) is 0 Å². The summed E-state index contributed by atoms with van der Waals surface area (Å²) in [5, 5.41) is 2.28. The van der Waals surface area contributed by atoms with Crippen LogP contribution in [0.1, 0.15) is 76.5 Å². The first-order valence-corrected chi connectivity index (χ1v) is 10.7. The number of esters is 1. The second-order valence-electron chi connectivity index (χ2n) is 7.91. The Hall–Kier alpha value is -2.29. The zero-order chi connectivity index (χ0) is 19.9. The molecule has 0 saturated carbocycles. The van der Waals surface area contributed by atoms with E-state index in [9.17, 15) is 4.79 Å². The second kappa shape index (κ2) is 9.77. The van der Waals surface area contributed by atoms with Crippen LogP contribution in [0.15, 0.2) is 36.4 Å². The van der Waals surface area contributed by atoms with Gasteiger partial charge in [-0.3, -0.25) is 4.79 Å². The van der Waals surface area contributed by atoms with Crippen LogP contribution in [-0.2, 0) is 9.53 Å². The van der Waals surface area contributed by atoms with Crippen LogP contribution in [0, 0.1) is 5.92 Å². The molecular formula is C25H32O3. The first-order chi connectivity index (χ1) is 13.6. The average molecular weight is 381 g/mol. The molecule has 0 amide bonds. The minimum atomic E-state index is -0.333. The van der Waals surface area contributed by atoms with E-state index in [0.717, 1.165) is 40.7 Å². The number of hydrogen-bond donors (Lipinski definition) is 0. The molecule has 3 nitrogen and oxygen atoms in total. The van der Waals surface area contributed by atoms with Crippen molar-refractivity contribution < 1.29 is 14.3 Å². The first kappa shape index (κ1) is 20.4. The van der Waals surface area contributed by atoms with Gasteiger partial charge in [-0.1, -0.05) is 83.2 Å². The van der Waals surface area contributed by atoms with Crippen molar-refractivity contribution in [1.29, 1.82) is 0 Å². The van der Waals surface area contributed by atoms with Gasteiger partial charge < -0.3 is 9.47 Å². The summed E-state index contributed by atoms with van der Waals surface area (Å²) in [6.45, 7) is 6.70. The summed E-state index contributed by atoms with van der Waals surface area (Å²) < 4.78 is 11.8. The number of unbranched alkanes of at least 4 members (excludes halogenated alkanes) is 5. The Morgan fingerprint density at radius 1 is 1.04 bits per heavy atom. The molecule has 0 radical (unpaired) electrons. The van der Waals surface area contributed by atoms with Crippen LogP contribution in [0.2, 0.25) is 0 Å². The van der Waals surface area contributed by atoms with Gasteiger partial charge in [0, 0.05) is 11.1 Å². The van der Waals surface area contributed by atoms with Gasteiger partial charge in [-0.05, 0) is 29.3 Å². The van der Waals surface area contributed by atoms with Crippen molar-refractivity contribution >= 4 is 22.8 Å². The van der Waals surface area contributed by atoms with Crippen LogP contribution in [0.5, 0.6) is 5.75 Å². The predicted molar refractivity (Wildman–Crippen MR) is 116 cm³/mol. The number of hydrogen-bond acceptors (Lipinski definition) is 3. The highest BCUT2D eigenvalue weighted by Gasteiger charge is 2.23. The molecule has 1 aliphatic carbocycles. The maximum absolute atomic E-state index is 12.1. The maximum atomic E-state index is 12.1. The lowest BCUT2D eigenvalue weighted by Crippen LogP contribution is -2.16. The SMILES string of the molecule is CCCCCCCCOc1ccc2cccc3c2c1C=CC3OC(=O)C(C)C. The van der Waals surface area contributed by atoms with Gasteiger partial charge in [0.05, 0.1) is 12.5 Å². The van der Waals surface area contributed by atoms with Gasteiger partial charge >= 0.3 is 5.97 Å². The van der Waals surface area contributed by atoms with E-state index in [0.29, 0.717) is 0 Å². The van der Waals surface area contributed by atoms with E-state index in [1.54, 1.807) is 0 Å². The summed E-state index contributed by atoms with van der Waals surface area (Å²) in [4.78, 5) is 12.1. The second-order valence-corrected chi connectivity index (χ2v) is 7.91. The Labute approximate surface area is 168 Å². The molecule has 0 N–H and O–H groups in total. The number of ether oxygens (including phenoxy) is 2. The lowest BCUT2D eigenvalue weighted by atomic mass is 9.90. The minimum Gasteiger partial charge on any atom is -0.493 e. The van der Waals surface area contributed by atoms with Gasteiger partial charge in [-0.25, -0.2) is 0 Å². The highest BCUT2D eigenvalue weighted by Crippen LogP contribution is 2.40. The van der Waals surface area contributed by atoms with E-state index in [1.165, 1.54) is 32.1 Å². The molecule has 0 fully saturated rings. The number of benzene rings is 2. The van der Waals surface area contributed by atoms with Gasteiger partial charge in [0.15, 0.2) is 0 Å². The molecule has 1 atom stereocenters. The molecule has 150 valence electrons. The van der Waals surface area contributed by atoms with E-state index in [4.69, 9.17) is 9.47 Å². The fourth-order valence-corrected chi connectivity index (χ4v) is 3.66. The smallest absolute Gasteiger partial charge is 0.309 e. The Bertz CT molecular complexity index is 835. The molecule has 0 bridgehead atoms. The quantitative estimate of drug-likeness (QED) is 0.334. The number of carbonyl (C=O) groups excluding carboxylic acids is 1. The summed E-state index contributed by atoms with van der Waals surface area (Å²) in [6.07, 6.45) is 11.2. The normalized spacial score (nSPS) is 15.2. The molecule has 0 spiro atoms. The van der Waals surface area contributed by atoms with E-state index in [2.05, 4.69) is 25.1 Å². The van der Waals surface area contributed by atoms with E-state index < -0.39 is 0 Å². The zero-order valence-corrected chi connectivity index (χ0v) is 17.4. The third-order valence-corrected chi connectivity index (χ3v) is 5.29. The summed E-state index contributed by atoms with van der Waals surface area (Å²) >= 11 is 0. The Kier molecular flexibility index (Phi) is 7.13. The molecule has 3 rings (SSSR count). The van der Waals surface area contributed by atoms with Gasteiger partial charge in [0.2, 0.25) is 0 Å². The van der Waals surface area contributed by atoms with E-state index in [-0.39, 0.29) is 18.0 Å². The third kappa shape index (κ3) is 4.76. The lowest BCUT2D eigenvalue weighted by molar-refractivity contribution is -0.150. The molecular weight excluding hydrogens is 348 g/mol. The zero-order valence-electron chi connectivity index (χ0n) is 17.4. The largest absolute Gasteiger partial charge is 0.493 e. The third-order valence-electron chi connectivity index (χ3n) is 5.29. The molecule has 1 aliphatic rings. The summed E-state index contributed by atoms with van der Waals surface area (Å²) in [5.41, 5.74) is 2.13. The Morgan fingerprint density at radius 3 is 2.61 bits per heavy atom. The highest BCUT2D eigenvalue weighted by molar-refractivity contribution is 5.98. The van der Waals surface area contributed by atoms with Crippen molar-refractivity contribution in [2.24, 2.45) is 5.92 Å². The van der Waals surface area contributed by atoms with Crippen molar-refractivity contribution in [2.45, 2.75) is 65.4 Å². The van der Waals surface area contributed by atoms with Crippen LogP contribution in [0.25, 0.3) is 16.8 Å². The molecule has 28 heavy (non-hydrogen) atoms. The fourth-order valence-electron chi connectivity index (χ4n) is 3.66. The van der Waals surface area contributed by atoms with E-state index >= 15 is 0 Å². The van der Waals surface area contributed by atoms with Crippen molar-refractivity contribution in [1.82, 2.24) is 0 Å². The highest BCUT2D eigenvalue weighted by atomic mass is 16.5. The van der Waals surface area contributed by atoms with Crippen molar-refractivity contribution in [3.8, 4) is 5.75 Å². The monoisotopic (exact) mass is 380 g/mol. The molecule has 0 aromatic heterocycles. The summed E-state index contributed by atoms with van der Waals surface area (Å²) in [5.74, 6) is 0.602. The number of rotatable bonds is 10.